The van der Waals surface area contributed by atoms with E-state index in [1.807, 2.05) is 17.0 Å². The summed E-state index contributed by atoms with van der Waals surface area (Å²) in [6, 6.07) is 5.57. The molecule has 1 saturated heterocycles. The fraction of sp³-hybridized carbons (Fsp3) is 0.500. The fourth-order valence-corrected chi connectivity index (χ4v) is 3.83. The van der Waals surface area contributed by atoms with Crippen LogP contribution in [0, 0.1) is 0 Å². The van der Waals surface area contributed by atoms with E-state index in [4.69, 9.17) is 31.2 Å². The third-order valence-electron chi connectivity index (χ3n) is 5.09. The number of nitrogens with one attached hydrogen (secondary N) is 2. The first-order valence-corrected chi connectivity index (χ1v) is 10.1. The van der Waals surface area contributed by atoms with Gasteiger partial charge in [0.15, 0.2) is 16.6 Å². The Labute approximate surface area is 174 Å². The molecule has 1 atom stereocenters. The van der Waals surface area contributed by atoms with Gasteiger partial charge in [-0.2, -0.15) is 0 Å². The van der Waals surface area contributed by atoms with E-state index in [0.29, 0.717) is 48.4 Å². The molecule has 2 aromatic rings. The Bertz CT molecular complexity index is 942. The van der Waals surface area contributed by atoms with E-state index in [-0.39, 0.29) is 18.5 Å². The van der Waals surface area contributed by atoms with Crippen LogP contribution in [0.2, 0.25) is 0 Å². The molecule has 9 heteroatoms. The lowest BCUT2D eigenvalue weighted by Gasteiger charge is -2.28. The SMILES string of the molecule is COCCNC(=S)N(Cc1cc2cc3c(cc2[nH]c1=O)OCO3)CC1CCCO1. The highest BCUT2D eigenvalue weighted by atomic mass is 32.1. The largest absolute Gasteiger partial charge is 0.454 e. The number of pyridine rings is 1. The van der Waals surface area contributed by atoms with Crippen LogP contribution in [0.3, 0.4) is 0 Å². The van der Waals surface area contributed by atoms with Crippen LogP contribution in [-0.4, -0.2) is 61.3 Å². The number of aromatic nitrogens is 1. The molecule has 1 unspecified atom stereocenters. The second-order valence-corrected chi connectivity index (χ2v) is 7.54. The minimum Gasteiger partial charge on any atom is -0.454 e. The Kier molecular flexibility index (Phi) is 6.17. The van der Waals surface area contributed by atoms with Crippen LogP contribution in [0.4, 0.5) is 0 Å². The highest BCUT2D eigenvalue weighted by Crippen LogP contribution is 2.35. The molecule has 3 heterocycles. The second kappa shape index (κ2) is 8.98. The van der Waals surface area contributed by atoms with Crippen LogP contribution in [0.5, 0.6) is 11.5 Å². The normalized spacial score (nSPS) is 17.6. The van der Waals surface area contributed by atoms with Gasteiger partial charge in [0.25, 0.3) is 5.56 Å². The minimum atomic E-state index is -0.145. The van der Waals surface area contributed by atoms with E-state index in [9.17, 15) is 4.79 Å². The molecule has 1 fully saturated rings. The Morgan fingerprint density at radius 2 is 2.17 bits per heavy atom. The summed E-state index contributed by atoms with van der Waals surface area (Å²) in [5.74, 6) is 1.33. The van der Waals surface area contributed by atoms with E-state index in [1.165, 1.54) is 0 Å². The van der Waals surface area contributed by atoms with Crippen molar-refractivity contribution in [1.29, 1.82) is 0 Å². The molecule has 2 N–H and O–H groups in total. The minimum absolute atomic E-state index is 0.116. The Morgan fingerprint density at radius 1 is 1.34 bits per heavy atom. The molecule has 0 amide bonds. The van der Waals surface area contributed by atoms with Crippen molar-refractivity contribution in [2.75, 3.05) is 40.2 Å². The number of H-pyrrole nitrogens is 1. The van der Waals surface area contributed by atoms with Gasteiger partial charge in [0.05, 0.1) is 24.8 Å². The summed E-state index contributed by atoms with van der Waals surface area (Å²) in [6.07, 6.45) is 2.16. The van der Waals surface area contributed by atoms with Gasteiger partial charge in [0.2, 0.25) is 6.79 Å². The highest BCUT2D eigenvalue weighted by molar-refractivity contribution is 7.80. The number of nitrogens with zero attached hydrogens (tertiary/aromatic N) is 1. The second-order valence-electron chi connectivity index (χ2n) is 7.16. The van der Waals surface area contributed by atoms with Gasteiger partial charge in [-0.1, -0.05) is 0 Å². The average Bonchev–Trinajstić information content (AvgIpc) is 3.38. The van der Waals surface area contributed by atoms with E-state index >= 15 is 0 Å². The molecule has 0 saturated carbocycles. The van der Waals surface area contributed by atoms with E-state index in [0.717, 1.165) is 30.4 Å². The third kappa shape index (κ3) is 4.63. The van der Waals surface area contributed by atoms with Crippen LogP contribution in [-0.2, 0) is 16.0 Å². The average molecular weight is 420 g/mol. The molecular weight excluding hydrogens is 394 g/mol. The molecule has 0 bridgehead atoms. The number of methoxy groups -OCH3 is 1. The van der Waals surface area contributed by atoms with E-state index in [2.05, 4.69) is 10.3 Å². The number of hydrogen-bond donors (Lipinski definition) is 2. The maximum atomic E-state index is 12.7. The zero-order valence-corrected chi connectivity index (χ0v) is 17.2. The van der Waals surface area contributed by atoms with E-state index in [1.54, 1.807) is 13.2 Å². The molecule has 0 spiro atoms. The molecule has 156 valence electrons. The number of ether oxygens (including phenoxy) is 4. The summed E-state index contributed by atoms with van der Waals surface area (Å²) in [5, 5.41) is 4.67. The molecular formula is C20H25N3O5S. The predicted octanol–water partition coefficient (Wildman–Crippen LogP) is 1.76. The van der Waals surface area contributed by atoms with Crippen LogP contribution >= 0.6 is 12.2 Å². The fourth-order valence-electron chi connectivity index (χ4n) is 3.59. The number of hydrogen-bond acceptors (Lipinski definition) is 6. The van der Waals surface area contributed by atoms with Gasteiger partial charge in [-0.25, -0.2) is 0 Å². The van der Waals surface area contributed by atoms with Gasteiger partial charge >= 0.3 is 0 Å². The summed E-state index contributed by atoms with van der Waals surface area (Å²) in [6.45, 7) is 3.15. The monoisotopic (exact) mass is 419 g/mol. The van der Waals surface area contributed by atoms with Crippen molar-refractivity contribution in [2.24, 2.45) is 0 Å². The molecule has 8 nitrogen and oxygen atoms in total. The summed E-state index contributed by atoms with van der Waals surface area (Å²) >= 11 is 5.58. The first-order chi connectivity index (χ1) is 14.1. The molecule has 1 aromatic heterocycles. The van der Waals surface area contributed by atoms with Gasteiger partial charge in [-0.15, -0.1) is 0 Å². The Hall–Kier alpha value is -2.36. The van der Waals surface area contributed by atoms with Crippen molar-refractivity contribution >= 4 is 28.2 Å². The topological polar surface area (TPSA) is 85.1 Å². The maximum Gasteiger partial charge on any atom is 0.253 e. The molecule has 2 aliphatic rings. The van der Waals surface area contributed by atoms with Crippen LogP contribution in [0.25, 0.3) is 10.9 Å². The van der Waals surface area contributed by atoms with Crippen LogP contribution in [0.15, 0.2) is 23.0 Å². The van der Waals surface area contributed by atoms with Crippen molar-refractivity contribution in [2.45, 2.75) is 25.5 Å². The lowest BCUT2D eigenvalue weighted by molar-refractivity contribution is 0.0895. The van der Waals surface area contributed by atoms with Gasteiger partial charge in [-0.05, 0) is 37.2 Å². The van der Waals surface area contributed by atoms with Crippen molar-refractivity contribution in [1.82, 2.24) is 15.2 Å². The number of thiocarbonyl (C=S) groups is 1. The zero-order chi connectivity index (χ0) is 20.2. The Balaban J connectivity index is 1.57. The predicted molar refractivity (Wildman–Crippen MR) is 113 cm³/mol. The molecule has 29 heavy (non-hydrogen) atoms. The smallest absolute Gasteiger partial charge is 0.253 e. The van der Waals surface area contributed by atoms with Crippen molar-refractivity contribution < 1.29 is 18.9 Å². The summed E-state index contributed by atoms with van der Waals surface area (Å²) < 4.78 is 21.7. The standard InChI is InChI=1S/C20H25N3O5S/c1-25-6-4-21-20(29)23(11-15-3-2-5-26-15)10-14-7-13-8-17-18(28-12-27-17)9-16(13)22-19(14)24/h7-9,15H,2-6,10-12H2,1H3,(H,21,29)(H,22,24). The highest BCUT2D eigenvalue weighted by Gasteiger charge is 2.22. The summed E-state index contributed by atoms with van der Waals surface area (Å²) in [7, 11) is 1.65. The molecule has 0 aliphatic carbocycles. The molecule has 0 radical (unpaired) electrons. The number of rotatable bonds is 7. The lowest BCUT2D eigenvalue weighted by Crippen LogP contribution is -2.44. The number of benzene rings is 1. The van der Waals surface area contributed by atoms with Crippen LogP contribution in [0.1, 0.15) is 18.4 Å². The van der Waals surface area contributed by atoms with Gasteiger partial charge < -0.3 is 34.1 Å². The first kappa shape index (κ1) is 19.9. The molecule has 1 aromatic carbocycles. The summed E-state index contributed by atoms with van der Waals surface area (Å²) in [4.78, 5) is 17.7. The third-order valence-corrected chi connectivity index (χ3v) is 5.50. The number of fused-ring (bicyclic) bond motifs is 2. The maximum absolute atomic E-state index is 12.7. The first-order valence-electron chi connectivity index (χ1n) is 9.73. The zero-order valence-electron chi connectivity index (χ0n) is 16.4. The Morgan fingerprint density at radius 3 is 2.93 bits per heavy atom. The van der Waals surface area contributed by atoms with Gasteiger partial charge in [0, 0.05) is 43.8 Å². The lowest BCUT2D eigenvalue weighted by atomic mass is 10.1. The number of aromatic amines is 1. The summed E-state index contributed by atoms with van der Waals surface area (Å²) in [5.41, 5.74) is 1.20. The van der Waals surface area contributed by atoms with Gasteiger partial charge in [0.1, 0.15) is 0 Å². The molecule has 4 rings (SSSR count). The van der Waals surface area contributed by atoms with Gasteiger partial charge in [-0.3, -0.25) is 4.79 Å². The van der Waals surface area contributed by atoms with Crippen molar-refractivity contribution in [3.63, 3.8) is 0 Å². The van der Waals surface area contributed by atoms with E-state index < -0.39 is 0 Å². The van der Waals surface area contributed by atoms with Crippen molar-refractivity contribution in [3.05, 3.63) is 34.1 Å². The van der Waals surface area contributed by atoms with Crippen molar-refractivity contribution in [3.8, 4) is 11.5 Å². The van der Waals surface area contributed by atoms with Crippen LogP contribution < -0.4 is 20.3 Å². The quantitative estimate of drug-likeness (QED) is 0.519. The molecule has 2 aliphatic heterocycles.